The molecule has 10 heteroatoms. The zero-order valence-electron chi connectivity index (χ0n) is 10.2. The quantitative estimate of drug-likeness (QED) is 0.685. The van der Waals surface area contributed by atoms with Crippen LogP contribution < -0.4 is 4.72 Å². The average molecular weight is 332 g/mol. The minimum absolute atomic E-state index is 0.0306. The van der Waals surface area contributed by atoms with Gasteiger partial charge in [-0.15, -0.1) is 0 Å². The highest BCUT2D eigenvalue weighted by Gasteiger charge is 2.22. The summed E-state index contributed by atoms with van der Waals surface area (Å²) in [6.07, 6.45) is 2.51. The van der Waals surface area contributed by atoms with E-state index in [1.807, 2.05) is 0 Å². The molecule has 7 nitrogen and oxygen atoms in total. The molecule has 0 saturated carbocycles. The lowest BCUT2D eigenvalue weighted by atomic mass is 10.3. The summed E-state index contributed by atoms with van der Waals surface area (Å²) in [4.78, 5) is 12.6. The lowest BCUT2D eigenvalue weighted by Crippen LogP contribution is -2.15. The van der Waals surface area contributed by atoms with Gasteiger partial charge in [0.15, 0.2) is 5.82 Å². The van der Waals surface area contributed by atoms with Gasteiger partial charge in [0.1, 0.15) is 4.90 Å². The van der Waals surface area contributed by atoms with Crippen molar-refractivity contribution in [2.75, 3.05) is 4.72 Å². The van der Waals surface area contributed by atoms with E-state index in [1.165, 1.54) is 12.3 Å². The largest absolute Gasteiger partial charge is 0.276 e. The number of aromatic nitrogens is 1. The van der Waals surface area contributed by atoms with Crippen molar-refractivity contribution >= 4 is 33.0 Å². The first-order valence-corrected chi connectivity index (χ1v) is 7.23. The number of benzene rings is 1. The van der Waals surface area contributed by atoms with Crippen LogP contribution in [0.5, 0.6) is 0 Å². The molecule has 0 aliphatic heterocycles. The summed E-state index contributed by atoms with van der Waals surface area (Å²) in [5.74, 6) is -1.24. The highest BCUT2D eigenvalue weighted by Crippen LogP contribution is 2.25. The van der Waals surface area contributed by atoms with Gasteiger partial charge in [0.2, 0.25) is 0 Å². The van der Waals surface area contributed by atoms with Gasteiger partial charge in [-0.25, -0.2) is 12.8 Å². The lowest BCUT2D eigenvalue weighted by Gasteiger charge is -2.09. The van der Waals surface area contributed by atoms with E-state index in [0.29, 0.717) is 6.07 Å². The summed E-state index contributed by atoms with van der Waals surface area (Å²) in [7, 11) is -4.28. The van der Waals surface area contributed by atoms with Crippen molar-refractivity contribution in [2.24, 2.45) is 0 Å². The van der Waals surface area contributed by atoms with Crippen LogP contribution in [0.15, 0.2) is 41.6 Å². The van der Waals surface area contributed by atoms with E-state index < -0.39 is 31.3 Å². The Hall–Kier alpha value is -2.26. The molecule has 2 rings (SSSR count). The van der Waals surface area contributed by atoms with E-state index in [9.17, 15) is 22.9 Å². The number of hydrogen-bond acceptors (Lipinski definition) is 5. The Morgan fingerprint density at radius 1 is 1.33 bits per heavy atom. The van der Waals surface area contributed by atoms with E-state index in [0.717, 1.165) is 18.3 Å². The van der Waals surface area contributed by atoms with Gasteiger partial charge < -0.3 is 0 Å². The molecule has 0 amide bonds. The molecule has 0 fully saturated rings. The fourth-order valence-electron chi connectivity index (χ4n) is 1.47. The van der Waals surface area contributed by atoms with Crippen molar-refractivity contribution in [2.45, 2.75) is 4.90 Å². The van der Waals surface area contributed by atoms with Gasteiger partial charge in [-0.2, -0.15) is 0 Å². The Balaban J connectivity index is 2.41. The van der Waals surface area contributed by atoms with Crippen LogP contribution in [-0.2, 0) is 10.0 Å². The Kier molecular flexibility index (Phi) is 4.05. The van der Waals surface area contributed by atoms with Crippen LogP contribution in [0.25, 0.3) is 0 Å². The molecule has 110 valence electrons. The SMILES string of the molecule is O=[N+]([O-])c1ccc(S(=O)(=O)Nc2cnccc2Cl)c(F)c1. The molecule has 2 aromatic rings. The van der Waals surface area contributed by atoms with Crippen LogP contribution in [0.3, 0.4) is 0 Å². The van der Waals surface area contributed by atoms with Crippen molar-refractivity contribution in [1.29, 1.82) is 0 Å². The monoisotopic (exact) mass is 331 g/mol. The van der Waals surface area contributed by atoms with E-state index in [-0.39, 0.29) is 10.7 Å². The Labute approximate surface area is 123 Å². The Bertz CT molecular complexity index is 813. The van der Waals surface area contributed by atoms with E-state index in [4.69, 9.17) is 11.6 Å². The zero-order chi connectivity index (χ0) is 15.6. The maximum Gasteiger partial charge on any atom is 0.272 e. The molecule has 0 aliphatic rings. The smallest absolute Gasteiger partial charge is 0.272 e. The number of sulfonamides is 1. The minimum atomic E-state index is -4.28. The van der Waals surface area contributed by atoms with Crippen molar-refractivity contribution in [3.05, 3.63) is 57.6 Å². The molecule has 1 N–H and O–H groups in total. The van der Waals surface area contributed by atoms with Gasteiger partial charge in [-0.3, -0.25) is 19.8 Å². The molecule has 0 spiro atoms. The summed E-state index contributed by atoms with van der Waals surface area (Å²) in [5.41, 5.74) is -0.581. The second-order valence-electron chi connectivity index (χ2n) is 3.83. The number of hydrogen-bond donors (Lipinski definition) is 1. The van der Waals surface area contributed by atoms with E-state index in [2.05, 4.69) is 9.71 Å². The van der Waals surface area contributed by atoms with Crippen LogP contribution >= 0.6 is 11.6 Å². The van der Waals surface area contributed by atoms with E-state index in [1.54, 1.807) is 0 Å². The topological polar surface area (TPSA) is 102 Å². The van der Waals surface area contributed by atoms with Crippen LogP contribution in [0.4, 0.5) is 15.8 Å². The normalized spacial score (nSPS) is 11.1. The van der Waals surface area contributed by atoms with Gasteiger partial charge in [-0.05, 0) is 12.1 Å². The second kappa shape index (κ2) is 5.62. The van der Waals surface area contributed by atoms with Gasteiger partial charge in [0.25, 0.3) is 15.7 Å². The number of anilines is 1. The molecule has 1 heterocycles. The highest BCUT2D eigenvalue weighted by molar-refractivity contribution is 7.92. The summed E-state index contributed by atoms with van der Waals surface area (Å²) in [5, 5.41) is 10.6. The first kappa shape index (κ1) is 15.1. The van der Waals surface area contributed by atoms with E-state index >= 15 is 0 Å². The molecule has 0 aliphatic carbocycles. The second-order valence-corrected chi connectivity index (χ2v) is 5.89. The number of nitrogens with zero attached hydrogens (tertiary/aromatic N) is 2. The molecular formula is C11H7ClFN3O4S. The molecule has 0 unspecified atom stereocenters. The van der Waals surface area contributed by atoms with Crippen molar-refractivity contribution in [3.8, 4) is 0 Å². The number of nitrogens with one attached hydrogen (secondary N) is 1. The fraction of sp³-hybridized carbons (Fsp3) is 0. The summed E-state index contributed by atoms with van der Waals surface area (Å²) >= 11 is 5.77. The van der Waals surface area contributed by atoms with Crippen molar-refractivity contribution in [3.63, 3.8) is 0 Å². The van der Waals surface area contributed by atoms with Crippen LogP contribution in [0, 0.1) is 15.9 Å². The lowest BCUT2D eigenvalue weighted by molar-refractivity contribution is -0.385. The van der Waals surface area contributed by atoms with Gasteiger partial charge in [-0.1, -0.05) is 11.6 Å². The third kappa shape index (κ3) is 3.26. The zero-order valence-corrected chi connectivity index (χ0v) is 11.7. The van der Waals surface area contributed by atoms with Crippen molar-refractivity contribution in [1.82, 2.24) is 4.98 Å². The summed E-state index contributed by atoms with van der Waals surface area (Å²) in [6, 6.07) is 3.58. The number of halogens is 2. The standard InChI is InChI=1S/C11H7ClFN3O4S/c12-8-3-4-14-6-10(8)15-21(19,20)11-2-1-7(16(17)18)5-9(11)13/h1-6,15H. The molecule has 0 atom stereocenters. The molecule has 0 saturated heterocycles. The molecule has 1 aromatic carbocycles. The number of non-ortho nitro benzene ring substituents is 1. The number of rotatable bonds is 4. The Morgan fingerprint density at radius 2 is 2.05 bits per heavy atom. The van der Waals surface area contributed by atoms with Gasteiger partial charge >= 0.3 is 0 Å². The van der Waals surface area contributed by atoms with Crippen LogP contribution in [-0.4, -0.2) is 18.3 Å². The molecule has 0 radical (unpaired) electrons. The number of nitro benzene ring substituents is 1. The predicted octanol–water partition coefficient (Wildman–Crippen LogP) is 2.58. The summed E-state index contributed by atoms with van der Waals surface area (Å²) < 4.78 is 39.9. The molecule has 0 bridgehead atoms. The Morgan fingerprint density at radius 3 is 2.62 bits per heavy atom. The third-order valence-electron chi connectivity index (χ3n) is 2.43. The maximum absolute atomic E-state index is 13.7. The van der Waals surface area contributed by atoms with Crippen LogP contribution in [0.1, 0.15) is 0 Å². The summed E-state index contributed by atoms with van der Waals surface area (Å²) in [6.45, 7) is 0. The fourth-order valence-corrected chi connectivity index (χ4v) is 2.81. The van der Waals surface area contributed by atoms with Gasteiger partial charge in [0, 0.05) is 12.3 Å². The predicted molar refractivity (Wildman–Crippen MR) is 73.1 cm³/mol. The average Bonchev–Trinajstić information content (AvgIpc) is 2.40. The highest BCUT2D eigenvalue weighted by atomic mass is 35.5. The minimum Gasteiger partial charge on any atom is -0.276 e. The number of pyridine rings is 1. The van der Waals surface area contributed by atoms with Crippen molar-refractivity contribution < 1.29 is 17.7 Å². The molecule has 21 heavy (non-hydrogen) atoms. The molecule has 1 aromatic heterocycles. The first-order chi connectivity index (χ1) is 9.81. The third-order valence-corrected chi connectivity index (χ3v) is 4.16. The first-order valence-electron chi connectivity index (χ1n) is 5.37. The molecular weight excluding hydrogens is 325 g/mol. The number of nitro groups is 1. The van der Waals surface area contributed by atoms with Gasteiger partial charge in [0.05, 0.1) is 27.9 Å². The van der Waals surface area contributed by atoms with Crippen LogP contribution in [0.2, 0.25) is 5.02 Å². The maximum atomic E-state index is 13.7.